The first-order chi connectivity index (χ1) is 10.3. The van der Waals surface area contributed by atoms with Crippen LogP contribution in [0, 0.1) is 0 Å². The molecule has 0 bridgehead atoms. The van der Waals surface area contributed by atoms with E-state index < -0.39 is 0 Å². The Balaban J connectivity index is 2.32. The molecule has 3 nitrogen and oxygen atoms in total. The number of hydrogen-bond donors (Lipinski definition) is 1. The molecule has 0 aliphatic carbocycles. The largest absolute Gasteiger partial charge is 0.370 e. The lowest BCUT2D eigenvalue weighted by atomic mass is 10.2. The molecule has 0 saturated carbocycles. The summed E-state index contributed by atoms with van der Waals surface area (Å²) in [4.78, 5) is 10.6. The maximum absolute atomic E-state index is 4.70. The number of hydrogen-bond acceptors (Lipinski definition) is 4. The van der Waals surface area contributed by atoms with Crippen LogP contribution in [0.25, 0.3) is 11.4 Å². The van der Waals surface area contributed by atoms with E-state index in [-0.39, 0.29) is 0 Å². The summed E-state index contributed by atoms with van der Waals surface area (Å²) in [6, 6.07) is 10.5. The molecule has 0 saturated heterocycles. The molecule has 0 amide bonds. The summed E-state index contributed by atoms with van der Waals surface area (Å²) in [7, 11) is 0. The van der Waals surface area contributed by atoms with Gasteiger partial charge in [-0.05, 0) is 31.2 Å². The van der Waals surface area contributed by atoms with Crippen LogP contribution >= 0.6 is 11.8 Å². The highest BCUT2D eigenvalue weighted by Gasteiger charge is 2.07. The summed E-state index contributed by atoms with van der Waals surface area (Å²) >= 11 is 1.75. The first-order valence-corrected chi connectivity index (χ1v) is 8.75. The highest BCUT2D eigenvalue weighted by molar-refractivity contribution is 7.98. The van der Waals surface area contributed by atoms with Crippen molar-refractivity contribution in [3.63, 3.8) is 0 Å². The lowest BCUT2D eigenvalue weighted by Crippen LogP contribution is -2.05. The summed E-state index contributed by atoms with van der Waals surface area (Å²) in [6.07, 6.45) is 5.25. The number of aromatic nitrogens is 2. The fourth-order valence-corrected chi connectivity index (χ4v) is 2.50. The molecule has 1 heterocycles. The molecule has 1 aromatic carbocycles. The van der Waals surface area contributed by atoms with Crippen molar-refractivity contribution in [1.82, 2.24) is 9.97 Å². The third kappa shape index (κ3) is 4.46. The SMILES string of the molecule is CCCNc1cc(CCC)nc(-c2ccc(SC)cc2)n1. The van der Waals surface area contributed by atoms with Gasteiger partial charge in [0.2, 0.25) is 0 Å². The van der Waals surface area contributed by atoms with Gasteiger partial charge in [-0.1, -0.05) is 32.4 Å². The number of rotatable bonds is 7. The second kappa shape index (κ2) is 8.03. The van der Waals surface area contributed by atoms with E-state index in [0.717, 1.165) is 48.7 Å². The quantitative estimate of drug-likeness (QED) is 0.756. The lowest BCUT2D eigenvalue weighted by Gasteiger charge is -2.09. The third-order valence-corrected chi connectivity index (χ3v) is 3.93. The van der Waals surface area contributed by atoms with E-state index in [1.54, 1.807) is 11.8 Å². The number of thioether (sulfide) groups is 1. The van der Waals surface area contributed by atoms with E-state index >= 15 is 0 Å². The monoisotopic (exact) mass is 301 g/mol. The van der Waals surface area contributed by atoms with E-state index in [9.17, 15) is 0 Å². The Kier molecular flexibility index (Phi) is 6.05. The molecular formula is C17H23N3S. The Morgan fingerprint density at radius 1 is 1.05 bits per heavy atom. The topological polar surface area (TPSA) is 37.8 Å². The molecule has 0 atom stereocenters. The number of nitrogens with one attached hydrogen (secondary N) is 1. The minimum Gasteiger partial charge on any atom is -0.370 e. The molecule has 4 heteroatoms. The molecule has 2 aromatic rings. The standard InChI is InChI=1S/C17H23N3S/c1-4-6-14-12-16(18-11-5-2)20-17(19-14)13-7-9-15(21-3)10-8-13/h7-10,12H,4-6,11H2,1-3H3,(H,18,19,20). The van der Waals surface area contributed by atoms with Gasteiger partial charge in [0.15, 0.2) is 5.82 Å². The second-order valence-corrected chi connectivity index (χ2v) is 5.85. The summed E-state index contributed by atoms with van der Waals surface area (Å²) in [6.45, 7) is 5.27. The van der Waals surface area contributed by atoms with Crippen LogP contribution in [0.4, 0.5) is 5.82 Å². The highest BCUT2D eigenvalue weighted by Crippen LogP contribution is 2.22. The first-order valence-electron chi connectivity index (χ1n) is 7.53. The molecule has 21 heavy (non-hydrogen) atoms. The first kappa shape index (κ1) is 15.8. The Bertz CT molecular complexity index is 567. The molecule has 2 rings (SSSR count). The summed E-state index contributed by atoms with van der Waals surface area (Å²) in [5.41, 5.74) is 2.18. The molecule has 0 spiro atoms. The maximum atomic E-state index is 4.70. The predicted octanol–water partition coefficient (Wildman–Crippen LogP) is 4.64. The van der Waals surface area contributed by atoms with Crippen LogP contribution in [0.3, 0.4) is 0 Å². The van der Waals surface area contributed by atoms with Gasteiger partial charge in [-0.15, -0.1) is 11.8 Å². The number of anilines is 1. The van der Waals surface area contributed by atoms with Gasteiger partial charge in [-0.3, -0.25) is 0 Å². The summed E-state index contributed by atoms with van der Waals surface area (Å²) in [5.74, 6) is 1.74. The average molecular weight is 301 g/mol. The van der Waals surface area contributed by atoms with Crippen LogP contribution in [0.5, 0.6) is 0 Å². The van der Waals surface area contributed by atoms with Gasteiger partial charge in [0.1, 0.15) is 5.82 Å². The smallest absolute Gasteiger partial charge is 0.161 e. The molecular weight excluding hydrogens is 278 g/mol. The van der Waals surface area contributed by atoms with Crippen LogP contribution < -0.4 is 5.32 Å². The van der Waals surface area contributed by atoms with Gasteiger partial charge in [0.25, 0.3) is 0 Å². The zero-order valence-electron chi connectivity index (χ0n) is 13.0. The van der Waals surface area contributed by atoms with Crippen LogP contribution in [0.2, 0.25) is 0 Å². The Hall–Kier alpha value is -1.55. The van der Waals surface area contributed by atoms with Crippen molar-refractivity contribution in [1.29, 1.82) is 0 Å². The number of nitrogens with zero attached hydrogens (tertiary/aromatic N) is 2. The minimum absolute atomic E-state index is 0.812. The van der Waals surface area contributed by atoms with E-state index in [2.05, 4.69) is 60.7 Å². The zero-order chi connectivity index (χ0) is 15.1. The van der Waals surface area contributed by atoms with Crippen LogP contribution in [0.1, 0.15) is 32.4 Å². The Labute approximate surface area is 131 Å². The van der Waals surface area contributed by atoms with Crippen molar-refractivity contribution in [3.05, 3.63) is 36.0 Å². The lowest BCUT2D eigenvalue weighted by molar-refractivity contribution is 0.872. The normalized spacial score (nSPS) is 10.6. The molecule has 0 radical (unpaired) electrons. The summed E-state index contributed by atoms with van der Waals surface area (Å²) in [5, 5.41) is 3.37. The van der Waals surface area contributed by atoms with Crippen LogP contribution in [0.15, 0.2) is 35.2 Å². The Morgan fingerprint density at radius 2 is 1.81 bits per heavy atom. The summed E-state index contributed by atoms with van der Waals surface area (Å²) < 4.78 is 0. The van der Waals surface area contributed by atoms with Gasteiger partial charge in [-0.2, -0.15) is 0 Å². The molecule has 0 aliphatic rings. The number of aryl methyl sites for hydroxylation is 1. The van der Waals surface area contributed by atoms with Gasteiger partial charge in [-0.25, -0.2) is 9.97 Å². The average Bonchev–Trinajstić information content (AvgIpc) is 2.53. The van der Waals surface area contributed by atoms with Crippen LogP contribution in [-0.2, 0) is 6.42 Å². The van der Waals surface area contributed by atoms with E-state index in [1.165, 1.54) is 4.90 Å². The van der Waals surface area contributed by atoms with Crippen molar-refractivity contribution >= 4 is 17.6 Å². The third-order valence-electron chi connectivity index (χ3n) is 3.19. The molecule has 112 valence electrons. The minimum atomic E-state index is 0.812. The predicted molar refractivity (Wildman–Crippen MR) is 92.0 cm³/mol. The molecule has 0 unspecified atom stereocenters. The van der Waals surface area contributed by atoms with Crippen molar-refractivity contribution in [3.8, 4) is 11.4 Å². The zero-order valence-corrected chi connectivity index (χ0v) is 13.8. The van der Waals surface area contributed by atoms with Gasteiger partial charge in [0, 0.05) is 28.8 Å². The molecule has 0 aliphatic heterocycles. The van der Waals surface area contributed by atoms with E-state index in [0.29, 0.717) is 0 Å². The molecule has 1 aromatic heterocycles. The highest BCUT2D eigenvalue weighted by atomic mass is 32.2. The van der Waals surface area contributed by atoms with E-state index in [4.69, 9.17) is 4.98 Å². The Morgan fingerprint density at radius 3 is 2.43 bits per heavy atom. The number of benzene rings is 1. The van der Waals surface area contributed by atoms with Gasteiger partial charge in [0.05, 0.1) is 0 Å². The van der Waals surface area contributed by atoms with Gasteiger partial charge >= 0.3 is 0 Å². The van der Waals surface area contributed by atoms with Crippen molar-refractivity contribution < 1.29 is 0 Å². The fraction of sp³-hybridized carbons (Fsp3) is 0.412. The van der Waals surface area contributed by atoms with Crippen LogP contribution in [-0.4, -0.2) is 22.8 Å². The maximum Gasteiger partial charge on any atom is 0.161 e. The van der Waals surface area contributed by atoms with Crippen molar-refractivity contribution in [2.24, 2.45) is 0 Å². The van der Waals surface area contributed by atoms with Gasteiger partial charge < -0.3 is 5.32 Å². The van der Waals surface area contributed by atoms with Crippen molar-refractivity contribution in [2.75, 3.05) is 18.1 Å². The van der Waals surface area contributed by atoms with E-state index in [1.807, 2.05) is 0 Å². The fourth-order valence-electron chi connectivity index (χ4n) is 2.09. The second-order valence-electron chi connectivity index (χ2n) is 4.97. The molecule has 0 fully saturated rings. The van der Waals surface area contributed by atoms with Crippen molar-refractivity contribution in [2.45, 2.75) is 38.0 Å². The molecule has 1 N–H and O–H groups in total.